The summed E-state index contributed by atoms with van der Waals surface area (Å²) in [6.07, 6.45) is 6.67. The molecule has 3 nitrogen and oxygen atoms in total. The molecule has 3 heterocycles. The molecule has 2 N–H and O–H groups in total. The summed E-state index contributed by atoms with van der Waals surface area (Å²) in [6.45, 7) is 3.67. The van der Waals surface area contributed by atoms with Crippen molar-refractivity contribution in [1.29, 1.82) is 5.41 Å². The second-order valence-electron chi connectivity index (χ2n) is 6.63. The van der Waals surface area contributed by atoms with E-state index in [1.165, 1.54) is 48.0 Å². The van der Waals surface area contributed by atoms with Crippen LogP contribution in [0.3, 0.4) is 0 Å². The molecule has 0 bridgehead atoms. The number of H-pyrrole nitrogens is 1. The second kappa shape index (κ2) is 6.91. The highest BCUT2D eigenvalue weighted by molar-refractivity contribution is 7.12. The van der Waals surface area contributed by atoms with Gasteiger partial charge < -0.3 is 15.3 Å². The van der Waals surface area contributed by atoms with Crippen molar-refractivity contribution in [3.63, 3.8) is 0 Å². The fraction of sp³-hybridized carbons (Fsp3) is 0.350. The van der Waals surface area contributed by atoms with E-state index in [-0.39, 0.29) is 0 Å². The molecular weight excluding hydrogens is 314 g/mol. The highest BCUT2D eigenvalue weighted by Gasteiger charge is 2.13. The number of fused-ring (bicyclic) bond motifs is 1. The van der Waals surface area contributed by atoms with Crippen LogP contribution >= 0.6 is 11.3 Å². The predicted octanol–water partition coefficient (Wildman–Crippen LogP) is 4.48. The summed E-state index contributed by atoms with van der Waals surface area (Å²) in [4.78, 5) is 7.03. The molecule has 0 atom stereocenters. The topological polar surface area (TPSA) is 42.9 Å². The molecule has 2 aromatic heterocycles. The van der Waals surface area contributed by atoms with Crippen LogP contribution in [0, 0.1) is 5.41 Å². The SMILES string of the molecule is N=C(Cc1ccc2[nH]cc(CCN3CCCC3)c2c1)c1cccs1. The molecule has 1 fully saturated rings. The van der Waals surface area contributed by atoms with E-state index < -0.39 is 0 Å². The van der Waals surface area contributed by atoms with Gasteiger partial charge in [0.05, 0.1) is 5.71 Å². The highest BCUT2D eigenvalue weighted by Crippen LogP contribution is 2.22. The van der Waals surface area contributed by atoms with Crippen molar-refractivity contribution in [3.05, 3.63) is 57.9 Å². The normalized spacial score (nSPS) is 15.3. The van der Waals surface area contributed by atoms with Crippen LogP contribution in [0.15, 0.2) is 41.9 Å². The molecule has 0 aliphatic carbocycles. The molecule has 4 heteroatoms. The van der Waals surface area contributed by atoms with Gasteiger partial charge in [-0.15, -0.1) is 11.3 Å². The van der Waals surface area contributed by atoms with Crippen LogP contribution in [-0.2, 0) is 12.8 Å². The molecule has 1 saturated heterocycles. The minimum absolute atomic E-state index is 0.702. The van der Waals surface area contributed by atoms with Crippen molar-refractivity contribution in [2.75, 3.05) is 19.6 Å². The first-order valence-corrected chi connectivity index (χ1v) is 9.60. The maximum atomic E-state index is 8.30. The zero-order chi connectivity index (χ0) is 16.4. The molecule has 124 valence electrons. The molecule has 0 saturated carbocycles. The number of likely N-dealkylation sites (tertiary alicyclic amines) is 1. The van der Waals surface area contributed by atoms with Crippen LogP contribution in [0.25, 0.3) is 10.9 Å². The Bertz CT molecular complexity index is 826. The Labute approximate surface area is 146 Å². The molecule has 1 aliphatic heterocycles. The van der Waals surface area contributed by atoms with Gasteiger partial charge in [-0.2, -0.15) is 0 Å². The Morgan fingerprint density at radius 2 is 2.08 bits per heavy atom. The van der Waals surface area contributed by atoms with Crippen molar-refractivity contribution in [1.82, 2.24) is 9.88 Å². The number of aromatic nitrogens is 1. The number of hydrogen-bond acceptors (Lipinski definition) is 3. The van der Waals surface area contributed by atoms with Crippen LogP contribution in [-0.4, -0.2) is 35.2 Å². The lowest BCUT2D eigenvalue weighted by atomic mass is 10.0. The van der Waals surface area contributed by atoms with Crippen molar-refractivity contribution in [3.8, 4) is 0 Å². The average molecular weight is 337 g/mol. The van der Waals surface area contributed by atoms with E-state index in [1.54, 1.807) is 11.3 Å². The van der Waals surface area contributed by atoms with Gasteiger partial charge in [0.25, 0.3) is 0 Å². The number of thiophene rings is 1. The molecule has 0 unspecified atom stereocenters. The summed E-state index contributed by atoms with van der Waals surface area (Å²) in [5, 5.41) is 11.7. The Morgan fingerprint density at radius 1 is 1.21 bits per heavy atom. The van der Waals surface area contributed by atoms with E-state index in [0.717, 1.165) is 17.8 Å². The fourth-order valence-electron chi connectivity index (χ4n) is 3.57. The van der Waals surface area contributed by atoms with Crippen molar-refractivity contribution in [2.24, 2.45) is 0 Å². The summed E-state index contributed by atoms with van der Waals surface area (Å²) in [5.74, 6) is 0. The largest absolute Gasteiger partial charge is 0.361 e. The molecule has 0 radical (unpaired) electrons. The van der Waals surface area contributed by atoms with E-state index in [0.29, 0.717) is 12.1 Å². The van der Waals surface area contributed by atoms with Crippen molar-refractivity contribution < 1.29 is 0 Å². The molecule has 1 aromatic carbocycles. The Balaban J connectivity index is 1.50. The number of hydrogen-bond donors (Lipinski definition) is 2. The van der Waals surface area contributed by atoms with Gasteiger partial charge in [-0.25, -0.2) is 0 Å². The van der Waals surface area contributed by atoms with Gasteiger partial charge >= 0.3 is 0 Å². The van der Waals surface area contributed by atoms with Gasteiger partial charge in [0.1, 0.15) is 0 Å². The molecule has 1 aliphatic rings. The minimum atomic E-state index is 0.702. The molecule has 0 amide bonds. The van der Waals surface area contributed by atoms with E-state index in [4.69, 9.17) is 5.41 Å². The van der Waals surface area contributed by atoms with Crippen LogP contribution in [0.1, 0.15) is 28.8 Å². The first-order chi connectivity index (χ1) is 11.8. The third-order valence-electron chi connectivity index (χ3n) is 4.93. The van der Waals surface area contributed by atoms with Crippen LogP contribution < -0.4 is 0 Å². The van der Waals surface area contributed by atoms with E-state index in [2.05, 4.69) is 34.3 Å². The van der Waals surface area contributed by atoms with Gasteiger partial charge in [0, 0.05) is 34.9 Å². The van der Waals surface area contributed by atoms with Gasteiger partial charge in [-0.3, -0.25) is 0 Å². The third-order valence-corrected chi connectivity index (χ3v) is 5.86. The van der Waals surface area contributed by atoms with Crippen molar-refractivity contribution >= 4 is 28.0 Å². The predicted molar refractivity (Wildman–Crippen MR) is 103 cm³/mol. The monoisotopic (exact) mass is 337 g/mol. The van der Waals surface area contributed by atoms with Crippen LogP contribution in [0.4, 0.5) is 0 Å². The molecular formula is C20H23N3S. The number of aromatic amines is 1. The van der Waals surface area contributed by atoms with Gasteiger partial charge in [0.15, 0.2) is 0 Å². The Hall–Kier alpha value is -1.91. The van der Waals surface area contributed by atoms with Crippen LogP contribution in [0.2, 0.25) is 0 Å². The van der Waals surface area contributed by atoms with Gasteiger partial charge in [0.2, 0.25) is 0 Å². The number of nitrogens with zero attached hydrogens (tertiary/aromatic N) is 1. The maximum Gasteiger partial charge on any atom is 0.0529 e. The second-order valence-corrected chi connectivity index (χ2v) is 7.57. The number of rotatable bonds is 6. The summed E-state index contributed by atoms with van der Waals surface area (Å²) in [5.41, 5.74) is 4.54. The van der Waals surface area contributed by atoms with Crippen LogP contribution in [0.5, 0.6) is 0 Å². The summed E-state index contributed by atoms with van der Waals surface area (Å²) < 4.78 is 0. The first kappa shape index (κ1) is 15.6. The number of benzene rings is 1. The standard InChI is InChI=1S/C20H23N3S/c21-18(20-4-3-11-24-20)13-15-5-6-19-17(12-15)16(14-22-19)7-10-23-8-1-2-9-23/h3-6,11-12,14,21-22H,1-2,7-10,13H2. The lowest BCUT2D eigenvalue weighted by Crippen LogP contribution is -2.21. The van der Waals surface area contributed by atoms with Gasteiger partial charge in [-0.1, -0.05) is 12.1 Å². The first-order valence-electron chi connectivity index (χ1n) is 8.72. The van der Waals surface area contributed by atoms with Gasteiger partial charge in [-0.05, 0) is 67.1 Å². The lowest BCUT2D eigenvalue weighted by Gasteiger charge is -2.13. The Kier molecular flexibility index (Phi) is 4.50. The zero-order valence-corrected chi connectivity index (χ0v) is 14.7. The molecule has 3 aromatic rings. The zero-order valence-electron chi connectivity index (χ0n) is 13.8. The summed E-state index contributed by atoms with van der Waals surface area (Å²) in [6, 6.07) is 10.6. The van der Waals surface area contributed by atoms with Crippen molar-refractivity contribution in [2.45, 2.75) is 25.7 Å². The average Bonchev–Trinajstić information content (AvgIpc) is 3.34. The minimum Gasteiger partial charge on any atom is -0.361 e. The fourth-order valence-corrected chi connectivity index (χ4v) is 4.24. The summed E-state index contributed by atoms with van der Waals surface area (Å²) >= 11 is 1.64. The number of nitrogens with one attached hydrogen (secondary N) is 2. The molecule has 4 rings (SSSR count). The molecule has 24 heavy (non-hydrogen) atoms. The van der Waals surface area contributed by atoms with E-state index in [9.17, 15) is 0 Å². The smallest absolute Gasteiger partial charge is 0.0529 e. The van der Waals surface area contributed by atoms with E-state index >= 15 is 0 Å². The third kappa shape index (κ3) is 3.30. The quantitative estimate of drug-likeness (QED) is 0.640. The lowest BCUT2D eigenvalue weighted by molar-refractivity contribution is 0.344. The Morgan fingerprint density at radius 3 is 2.88 bits per heavy atom. The highest BCUT2D eigenvalue weighted by atomic mass is 32.1. The summed E-state index contributed by atoms with van der Waals surface area (Å²) in [7, 11) is 0. The van der Waals surface area contributed by atoms with E-state index in [1.807, 2.05) is 17.5 Å². The maximum absolute atomic E-state index is 8.30. The molecule has 0 spiro atoms.